The summed E-state index contributed by atoms with van der Waals surface area (Å²) in [5, 5.41) is 20.5. The van der Waals surface area contributed by atoms with E-state index in [1.165, 1.54) is 0 Å². The molecule has 31 heavy (non-hydrogen) atoms. The molecule has 0 aliphatic carbocycles. The lowest BCUT2D eigenvalue weighted by Crippen LogP contribution is -2.22. The van der Waals surface area contributed by atoms with E-state index in [0.717, 1.165) is 28.5 Å². The Balaban J connectivity index is 1.37. The highest BCUT2D eigenvalue weighted by molar-refractivity contribution is 5.75. The van der Waals surface area contributed by atoms with Crippen LogP contribution in [0.15, 0.2) is 42.5 Å². The molecule has 0 unspecified atom stereocenters. The van der Waals surface area contributed by atoms with Gasteiger partial charge in [-0.2, -0.15) is 9.61 Å². The van der Waals surface area contributed by atoms with Crippen molar-refractivity contribution >= 4 is 11.6 Å². The summed E-state index contributed by atoms with van der Waals surface area (Å²) < 4.78 is 8.83. The van der Waals surface area contributed by atoms with E-state index in [2.05, 4.69) is 25.7 Å². The van der Waals surface area contributed by atoms with Crippen molar-refractivity contribution in [1.29, 1.82) is 0 Å². The minimum Gasteiger partial charge on any atom is -0.496 e. The smallest absolute Gasteiger partial charge is 0.220 e. The Kier molecular flexibility index (Phi) is 5.92. The molecule has 0 aliphatic rings. The van der Waals surface area contributed by atoms with E-state index >= 15 is 0 Å². The Morgan fingerprint density at radius 2 is 1.94 bits per heavy atom. The SMILES string of the molecule is COc1ccccc1CNC(=O)CCCc1nnc2ccc(-n3nc(C)cc3C)nn12. The van der Waals surface area contributed by atoms with Crippen LogP contribution in [0, 0.1) is 13.8 Å². The zero-order valence-electron chi connectivity index (χ0n) is 17.9. The van der Waals surface area contributed by atoms with Gasteiger partial charge >= 0.3 is 0 Å². The summed E-state index contributed by atoms with van der Waals surface area (Å²) >= 11 is 0. The second kappa shape index (κ2) is 8.95. The van der Waals surface area contributed by atoms with Crippen molar-refractivity contribution in [2.45, 2.75) is 39.7 Å². The molecular weight excluding hydrogens is 394 g/mol. The van der Waals surface area contributed by atoms with Gasteiger partial charge in [-0.1, -0.05) is 18.2 Å². The number of fused-ring (bicyclic) bond motifs is 1. The minimum absolute atomic E-state index is 0.0176. The normalized spacial score (nSPS) is 11.1. The molecule has 3 aromatic heterocycles. The Labute approximate surface area is 180 Å². The van der Waals surface area contributed by atoms with Crippen molar-refractivity contribution in [2.75, 3.05) is 7.11 Å². The molecular formula is C22H25N7O2. The molecule has 160 valence electrons. The largest absolute Gasteiger partial charge is 0.496 e. The maximum absolute atomic E-state index is 12.3. The van der Waals surface area contributed by atoms with Crippen LogP contribution in [0.3, 0.4) is 0 Å². The fourth-order valence-electron chi connectivity index (χ4n) is 3.49. The van der Waals surface area contributed by atoms with Gasteiger partial charge in [0.05, 0.1) is 12.8 Å². The number of aryl methyl sites for hydroxylation is 3. The van der Waals surface area contributed by atoms with Gasteiger partial charge in [0, 0.05) is 30.6 Å². The lowest BCUT2D eigenvalue weighted by molar-refractivity contribution is -0.121. The Hall–Kier alpha value is -3.75. The molecule has 0 spiro atoms. The highest BCUT2D eigenvalue weighted by atomic mass is 16.5. The summed E-state index contributed by atoms with van der Waals surface area (Å²) in [5.41, 5.74) is 3.55. The van der Waals surface area contributed by atoms with E-state index in [4.69, 9.17) is 4.74 Å². The Morgan fingerprint density at radius 1 is 1.10 bits per heavy atom. The topological polar surface area (TPSA) is 99.2 Å². The standard InChI is InChI=1S/C22H25N7O2/c1-15-13-16(2)28(26-15)21-12-11-20-25-24-19(29(20)27-21)9-6-10-22(30)23-14-17-7-4-5-8-18(17)31-3/h4-5,7-8,11-13H,6,9-10,14H2,1-3H3,(H,23,30). The van der Waals surface area contributed by atoms with Crippen LogP contribution in [0.2, 0.25) is 0 Å². The second-order valence-corrected chi connectivity index (χ2v) is 7.36. The lowest BCUT2D eigenvalue weighted by Gasteiger charge is -2.09. The fourth-order valence-corrected chi connectivity index (χ4v) is 3.49. The number of rotatable bonds is 8. The van der Waals surface area contributed by atoms with E-state index in [1.54, 1.807) is 16.3 Å². The third-order valence-corrected chi connectivity index (χ3v) is 5.01. The third-order valence-electron chi connectivity index (χ3n) is 5.01. The molecule has 0 aliphatic heterocycles. The van der Waals surface area contributed by atoms with Crippen LogP contribution in [-0.2, 0) is 17.8 Å². The van der Waals surface area contributed by atoms with Crippen LogP contribution in [0.4, 0.5) is 0 Å². The van der Waals surface area contributed by atoms with Crippen LogP contribution in [0.25, 0.3) is 11.5 Å². The highest BCUT2D eigenvalue weighted by Crippen LogP contribution is 2.17. The third kappa shape index (κ3) is 4.55. The Bertz CT molecular complexity index is 1210. The summed E-state index contributed by atoms with van der Waals surface area (Å²) in [6.45, 7) is 4.37. The van der Waals surface area contributed by atoms with E-state index < -0.39 is 0 Å². The number of hydrogen-bond donors (Lipinski definition) is 1. The highest BCUT2D eigenvalue weighted by Gasteiger charge is 2.12. The number of carbonyl (C=O) groups excluding carboxylic acids is 1. The summed E-state index contributed by atoms with van der Waals surface area (Å²) in [4.78, 5) is 12.3. The monoisotopic (exact) mass is 419 g/mol. The van der Waals surface area contributed by atoms with E-state index in [1.807, 2.05) is 56.3 Å². The van der Waals surface area contributed by atoms with Crippen LogP contribution in [0.1, 0.15) is 35.6 Å². The number of benzene rings is 1. The summed E-state index contributed by atoms with van der Waals surface area (Å²) in [6.07, 6.45) is 1.63. The van der Waals surface area contributed by atoms with Gasteiger partial charge in [0.2, 0.25) is 5.91 Å². The van der Waals surface area contributed by atoms with Gasteiger partial charge in [-0.25, -0.2) is 4.68 Å². The maximum atomic E-state index is 12.3. The molecule has 0 radical (unpaired) electrons. The fraction of sp³-hybridized carbons (Fsp3) is 0.318. The molecule has 0 saturated heterocycles. The minimum atomic E-state index is -0.0176. The van der Waals surface area contributed by atoms with Gasteiger partial charge < -0.3 is 10.1 Å². The number of amides is 1. The first-order valence-electron chi connectivity index (χ1n) is 10.2. The maximum Gasteiger partial charge on any atom is 0.220 e. The molecule has 0 saturated carbocycles. The van der Waals surface area contributed by atoms with Crippen molar-refractivity contribution in [3.05, 3.63) is 65.2 Å². The van der Waals surface area contributed by atoms with Crippen molar-refractivity contribution in [3.8, 4) is 11.6 Å². The van der Waals surface area contributed by atoms with Gasteiger partial charge in [-0.3, -0.25) is 4.79 Å². The van der Waals surface area contributed by atoms with E-state index in [0.29, 0.717) is 37.3 Å². The molecule has 1 amide bonds. The van der Waals surface area contributed by atoms with Crippen molar-refractivity contribution in [1.82, 2.24) is 34.9 Å². The van der Waals surface area contributed by atoms with Crippen molar-refractivity contribution in [3.63, 3.8) is 0 Å². The van der Waals surface area contributed by atoms with Gasteiger partial charge in [-0.15, -0.1) is 15.3 Å². The Morgan fingerprint density at radius 3 is 2.71 bits per heavy atom. The van der Waals surface area contributed by atoms with Crippen LogP contribution in [-0.4, -0.2) is 42.6 Å². The van der Waals surface area contributed by atoms with Crippen molar-refractivity contribution < 1.29 is 9.53 Å². The molecule has 0 fully saturated rings. The molecule has 9 heteroatoms. The molecule has 0 bridgehead atoms. The first-order chi connectivity index (χ1) is 15.0. The molecule has 1 aromatic carbocycles. The molecule has 4 aromatic rings. The van der Waals surface area contributed by atoms with Crippen LogP contribution >= 0.6 is 0 Å². The first kappa shape index (κ1) is 20.5. The van der Waals surface area contributed by atoms with Gasteiger partial charge in [-0.05, 0) is 44.5 Å². The van der Waals surface area contributed by atoms with Gasteiger partial charge in [0.15, 0.2) is 17.3 Å². The average molecular weight is 419 g/mol. The molecule has 0 atom stereocenters. The number of methoxy groups -OCH3 is 1. The van der Waals surface area contributed by atoms with Crippen molar-refractivity contribution in [2.24, 2.45) is 0 Å². The van der Waals surface area contributed by atoms with Crippen LogP contribution in [0.5, 0.6) is 5.75 Å². The second-order valence-electron chi connectivity index (χ2n) is 7.36. The average Bonchev–Trinajstić information content (AvgIpc) is 3.34. The number of aromatic nitrogens is 6. The predicted molar refractivity (Wildman–Crippen MR) is 115 cm³/mol. The number of nitrogens with one attached hydrogen (secondary N) is 1. The number of hydrogen-bond acceptors (Lipinski definition) is 6. The van der Waals surface area contributed by atoms with Crippen LogP contribution < -0.4 is 10.1 Å². The van der Waals surface area contributed by atoms with Gasteiger partial charge in [0.25, 0.3) is 0 Å². The number of nitrogens with zero attached hydrogens (tertiary/aromatic N) is 6. The number of ether oxygens (including phenoxy) is 1. The lowest BCUT2D eigenvalue weighted by atomic mass is 10.2. The van der Waals surface area contributed by atoms with E-state index in [-0.39, 0.29) is 5.91 Å². The summed E-state index contributed by atoms with van der Waals surface area (Å²) in [7, 11) is 1.62. The summed E-state index contributed by atoms with van der Waals surface area (Å²) in [5.74, 6) is 2.17. The zero-order chi connectivity index (χ0) is 21.8. The van der Waals surface area contributed by atoms with E-state index in [9.17, 15) is 4.79 Å². The molecule has 4 rings (SSSR count). The molecule has 1 N–H and O–H groups in total. The summed E-state index contributed by atoms with van der Waals surface area (Å²) in [6, 6.07) is 13.4. The zero-order valence-corrected chi connectivity index (χ0v) is 17.9. The molecule has 3 heterocycles. The molecule has 9 nitrogen and oxygen atoms in total. The predicted octanol–water partition coefficient (Wildman–Crippen LogP) is 2.57. The first-order valence-corrected chi connectivity index (χ1v) is 10.2. The number of carbonyl (C=O) groups is 1. The number of para-hydroxylation sites is 1. The van der Waals surface area contributed by atoms with Gasteiger partial charge in [0.1, 0.15) is 5.75 Å². The quantitative estimate of drug-likeness (QED) is 0.471.